The summed E-state index contributed by atoms with van der Waals surface area (Å²) >= 11 is 0. The Kier molecular flexibility index (Phi) is 6.57. The maximum absolute atomic E-state index is 13.1. The molecule has 0 unspecified atom stereocenters. The summed E-state index contributed by atoms with van der Waals surface area (Å²) in [7, 11) is 1.60. The molecule has 40 heavy (non-hydrogen) atoms. The molecule has 2 heterocycles. The summed E-state index contributed by atoms with van der Waals surface area (Å²) in [6.07, 6.45) is 3.35. The second kappa shape index (κ2) is 10.5. The van der Waals surface area contributed by atoms with Crippen LogP contribution in [0.5, 0.6) is 11.5 Å². The van der Waals surface area contributed by atoms with E-state index >= 15 is 0 Å². The molecular formula is C30H26N6O4. The second-order valence-electron chi connectivity index (χ2n) is 9.58. The minimum absolute atomic E-state index is 0.0193. The van der Waals surface area contributed by atoms with E-state index in [1.54, 1.807) is 25.3 Å². The summed E-state index contributed by atoms with van der Waals surface area (Å²) in [5.41, 5.74) is 4.45. The molecule has 6 rings (SSSR count). The number of phenolic OH excluding ortho intramolecular Hbond substituents is 1. The van der Waals surface area contributed by atoms with E-state index in [2.05, 4.69) is 25.7 Å². The van der Waals surface area contributed by atoms with Crippen molar-refractivity contribution in [2.45, 2.75) is 25.3 Å². The highest BCUT2D eigenvalue weighted by molar-refractivity contribution is 6.04. The van der Waals surface area contributed by atoms with E-state index in [1.165, 1.54) is 16.9 Å². The number of carbonyl (C=O) groups excluding carboxylic acids is 2. The van der Waals surface area contributed by atoms with Gasteiger partial charge < -0.3 is 20.5 Å². The van der Waals surface area contributed by atoms with Crippen molar-refractivity contribution in [1.29, 1.82) is 0 Å². The van der Waals surface area contributed by atoms with Crippen molar-refractivity contribution in [3.63, 3.8) is 0 Å². The normalized spacial score (nSPS) is 12.7. The molecule has 5 aromatic rings. The smallest absolute Gasteiger partial charge is 0.342 e. The van der Waals surface area contributed by atoms with Crippen LogP contribution in [0.15, 0.2) is 79.0 Å². The van der Waals surface area contributed by atoms with E-state index in [9.17, 15) is 14.7 Å². The summed E-state index contributed by atoms with van der Waals surface area (Å²) in [5.74, 6) is 0.516. The number of hydrogen-bond donors (Lipinski definition) is 3. The maximum Gasteiger partial charge on any atom is 0.342 e. The van der Waals surface area contributed by atoms with Crippen LogP contribution in [0.25, 0.3) is 22.3 Å². The van der Waals surface area contributed by atoms with Gasteiger partial charge in [-0.1, -0.05) is 24.3 Å². The fourth-order valence-electron chi connectivity index (χ4n) is 4.44. The molecule has 0 radical (unpaired) electrons. The predicted molar refractivity (Wildman–Crippen MR) is 149 cm³/mol. The average Bonchev–Trinajstić information content (AvgIpc) is 3.74. The Balaban J connectivity index is 1.22. The molecule has 2 aromatic heterocycles. The van der Waals surface area contributed by atoms with E-state index in [-0.39, 0.29) is 23.4 Å². The van der Waals surface area contributed by atoms with Crippen LogP contribution in [0.1, 0.15) is 40.5 Å². The Morgan fingerprint density at radius 2 is 1.80 bits per heavy atom. The number of nitrogens with one attached hydrogen (secondary N) is 2. The summed E-state index contributed by atoms with van der Waals surface area (Å²) < 4.78 is 6.55. The number of para-hydroxylation sites is 2. The lowest BCUT2D eigenvalue weighted by Crippen LogP contribution is -2.30. The molecule has 0 aliphatic heterocycles. The number of methoxy groups -OCH3 is 1. The molecule has 10 heteroatoms. The van der Waals surface area contributed by atoms with Gasteiger partial charge in [-0.2, -0.15) is 9.78 Å². The molecule has 2 amide bonds. The second-order valence-corrected chi connectivity index (χ2v) is 9.58. The Hall–Kier alpha value is -5.25. The Morgan fingerprint density at radius 1 is 1.02 bits per heavy atom. The molecule has 1 aliphatic rings. The van der Waals surface area contributed by atoms with E-state index in [1.807, 2.05) is 48.5 Å². The zero-order valence-corrected chi connectivity index (χ0v) is 21.7. The SMILES string of the molecule is COc1ccc(CNC(=O)n2nc(-c3cc(NC(=O)c4cnc5ccccc5n4)ccc3O)cc2C2CC2)cc1. The molecule has 1 saturated carbocycles. The van der Waals surface area contributed by atoms with Crippen LogP contribution in [0.3, 0.4) is 0 Å². The van der Waals surface area contributed by atoms with Gasteiger partial charge in [0.1, 0.15) is 17.2 Å². The molecule has 10 nitrogen and oxygen atoms in total. The number of amides is 2. The van der Waals surface area contributed by atoms with Crippen molar-refractivity contribution >= 4 is 28.7 Å². The molecule has 3 N–H and O–H groups in total. The van der Waals surface area contributed by atoms with Gasteiger partial charge in [-0.15, -0.1) is 0 Å². The van der Waals surface area contributed by atoms with Gasteiger partial charge in [0.2, 0.25) is 0 Å². The fourth-order valence-corrected chi connectivity index (χ4v) is 4.44. The number of aromatic nitrogens is 4. The first-order chi connectivity index (χ1) is 19.5. The first kappa shape index (κ1) is 25.1. The van der Waals surface area contributed by atoms with Gasteiger partial charge in [0.25, 0.3) is 5.91 Å². The van der Waals surface area contributed by atoms with Crippen LogP contribution < -0.4 is 15.4 Å². The van der Waals surface area contributed by atoms with Crippen molar-refractivity contribution in [3.05, 3.63) is 95.9 Å². The van der Waals surface area contributed by atoms with Crippen molar-refractivity contribution < 1.29 is 19.4 Å². The van der Waals surface area contributed by atoms with Crippen LogP contribution in [-0.4, -0.2) is 43.9 Å². The zero-order chi connectivity index (χ0) is 27.6. The lowest BCUT2D eigenvalue weighted by molar-refractivity contribution is 0.102. The molecule has 1 fully saturated rings. The lowest BCUT2D eigenvalue weighted by Gasteiger charge is -2.09. The number of benzene rings is 3. The van der Waals surface area contributed by atoms with Crippen LogP contribution in [0, 0.1) is 0 Å². The third kappa shape index (κ3) is 5.19. The monoisotopic (exact) mass is 534 g/mol. The number of carbonyl (C=O) groups is 2. The highest BCUT2D eigenvalue weighted by Gasteiger charge is 2.31. The van der Waals surface area contributed by atoms with Gasteiger partial charge in [0.15, 0.2) is 0 Å². The summed E-state index contributed by atoms with van der Waals surface area (Å²) in [5, 5.41) is 20.9. The fraction of sp³-hybridized carbons (Fsp3) is 0.167. The van der Waals surface area contributed by atoms with Crippen LogP contribution in [0.2, 0.25) is 0 Å². The number of rotatable bonds is 7. The number of anilines is 1. The van der Waals surface area contributed by atoms with Gasteiger partial charge >= 0.3 is 6.03 Å². The Morgan fingerprint density at radius 3 is 2.55 bits per heavy atom. The first-order valence-electron chi connectivity index (χ1n) is 12.9. The molecular weight excluding hydrogens is 508 g/mol. The molecule has 200 valence electrons. The Labute approximate surface area is 229 Å². The number of nitrogens with zero attached hydrogens (tertiary/aromatic N) is 4. The van der Waals surface area contributed by atoms with E-state index < -0.39 is 5.91 Å². The Bertz CT molecular complexity index is 1730. The average molecular weight is 535 g/mol. The van der Waals surface area contributed by atoms with Gasteiger partial charge in [-0.25, -0.2) is 9.78 Å². The number of ether oxygens (including phenoxy) is 1. The van der Waals surface area contributed by atoms with Gasteiger partial charge in [0.05, 0.1) is 35.7 Å². The summed E-state index contributed by atoms with van der Waals surface area (Å²) in [6.45, 7) is 0.326. The molecule has 0 saturated heterocycles. The summed E-state index contributed by atoms with van der Waals surface area (Å²) in [4.78, 5) is 34.7. The van der Waals surface area contributed by atoms with E-state index in [4.69, 9.17) is 4.74 Å². The lowest BCUT2D eigenvalue weighted by atomic mass is 10.1. The van der Waals surface area contributed by atoms with Crippen molar-refractivity contribution in [3.8, 4) is 22.8 Å². The minimum atomic E-state index is -0.433. The standard InChI is InChI=1S/C30H26N6O4/c1-40-21-11-6-18(7-12-21)16-32-30(39)36-27(19-8-9-19)15-25(35-36)22-14-20(10-13-28(22)37)33-29(38)26-17-31-23-4-2-3-5-24(23)34-26/h2-7,10-15,17,19,37H,8-9,16H2,1H3,(H,32,39)(H,33,38). The zero-order valence-electron chi connectivity index (χ0n) is 21.7. The molecule has 0 spiro atoms. The number of fused-ring (bicyclic) bond motifs is 1. The van der Waals surface area contributed by atoms with Crippen LogP contribution in [-0.2, 0) is 6.54 Å². The third-order valence-electron chi connectivity index (χ3n) is 6.74. The molecule has 1 aliphatic carbocycles. The van der Waals surface area contributed by atoms with Crippen LogP contribution >= 0.6 is 0 Å². The van der Waals surface area contributed by atoms with Crippen LogP contribution in [0.4, 0.5) is 10.5 Å². The minimum Gasteiger partial charge on any atom is -0.507 e. The largest absolute Gasteiger partial charge is 0.507 e. The van der Waals surface area contributed by atoms with Crippen molar-refractivity contribution in [1.82, 2.24) is 25.1 Å². The topological polar surface area (TPSA) is 131 Å². The number of hydrogen-bond acceptors (Lipinski definition) is 7. The van der Waals surface area contributed by atoms with E-state index in [0.717, 1.165) is 29.8 Å². The van der Waals surface area contributed by atoms with Gasteiger partial charge in [-0.05, 0) is 66.9 Å². The van der Waals surface area contributed by atoms with E-state index in [0.29, 0.717) is 34.5 Å². The highest BCUT2D eigenvalue weighted by atomic mass is 16.5. The molecule has 3 aromatic carbocycles. The quantitative estimate of drug-likeness (QED) is 0.248. The van der Waals surface area contributed by atoms with Crippen molar-refractivity contribution in [2.75, 3.05) is 12.4 Å². The molecule has 0 atom stereocenters. The number of phenols is 1. The first-order valence-corrected chi connectivity index (χ1v) is 12.9. The number of aromatic hydroxyl groups is 1. The third-order valence-corrected chi connectivity index (χ3v) is 6.74. The molecule has 0 bridgehead atoms. The predicted octanol–water partition coefficient (Wildman–Crippen LogP) is 5.10. The van der Waals surface area contributed by atoms with Gasteiger partial charge in [0, 0.05) is 23.7 Å². The maximum atomic E-state index is 13.1. The van der Waals surface area contributed by atoms with Crippen molar-refractivity contribution in [2.24, 2.45) is 0 Å². The highest BCUT2D eigenvalue weighted by Crippen LogP contribution is 2.42. The van der Waals surface area contributed by atoms with Gasteiger partial charge in [-0.3, -0.25) is 9.78 Å². The summed E-state index contributed by atoms with van der Waals surface area (Å²) in [6, 6.07) is 20.9.